The van der Waals surface area contributed by atoms with Crippen molar-refractivity contribution < 1.29 is 5.11 Å². The van der Waals surface area contributed by atoms with Crippen molar-refractivity contribution in [3.05, 3.63) is 0 Å². The van der Waals surface area contributed by atoms with Gasteiger partial charge in [-0.3, -0.25) is 0 Å². The lowest BCUT2D eigenvalue weighted by Crippen LogP contribution is -2.37. The molecule has 4 heteroatoms. The van der Waals surface area contributed by atoms with Crippen molar-refractivity contribution >= 4 is 45.2 Å². The summed E-state index contributed by atoms with van der Waals surface area (Å²) in [5, 5.41) is 12.7. The Hall–Kier alpha value is 1.38. The molecule has 1 saturated heterocycles. The number of aliphatic hydroxyl groups is 1. The van der Waals surface area contributed by atoms with Gasteiger partial charge in [0.2, 0.25) is 0 Å². The Labute approximate surface area is 82.1 Å². The first-order valence-electron chi connectivity index (χ1n) is 2.94. The fraction of sp³-hybridized carbons (Fsp3) is 1.00. The zero-order valence-electron chi connectivity index (χ0n) is 4.90. The Kier molecular flexibility index (Phi) is 3.00. The van der Waals surface area contributed by atoms with E-state index in [-0.39, 0.29) is 0 Å². The van der Waals surface area contributed by atoms with Crippen LogP contribution in [0.2, 0.25) is 0 Å². The minimum absolute atomic E-state index is 0.290. The molecule has 1 heterocycles. The molecule has 1 atom stereocenters. The number of nitrogens with one attached hydrogen (secondary N) is 1. The van der Waals surface area contributed by atoms with Crippen molar-refractivity contribution in [1.82, 2.24) is 5.32 Å². The van der Waals surface area contributed by atoms with Gasteiger partial charge in [-0.2, -0.15) is 0 Å². The van der Waals surface area contributed by atoms with E-state index in [1.54, 1.807) is 0 Å². The molecule has 0 aliphatic carbocycles. The minimum atomic E-state index is -0.591. The molecule has 0 radical (unpaired) electrons. The molecule has 0 saturated carbocycles. The van der Waals surface area contributed by atoms with Gasteiger partial charge in [0.15, 0.2) is 1.61 Å². The summed E-state index contributed by atoms with van der Waals surface area (Å²) in [6.07, 6.45) is 2.29. The van der Waals surface area contributed by atoms with Crippen LogP contribution in [-0.2, 0) is 0 Å². The van der Waals surface area contributed by atoms with Crippen molar-refractivity contribution in [3.63, 3.8) is 0 Å². The van der Waals surface area contributed by atoms with E-state index in [0.717, 1.165) is 13.0 Å². The Balaban J connectivity index is 2.42. The standard InChI is InChI=1S/C5H9I2NO/c6-5(7,9)4-2-1-3-8-4/h4,8-9H,1-3H2/t4-/m1/s1. The van der Waals surface area contributed by atoms with Crippen LogP contribution in [-0.4, -0.2) is 19.3 Å². The largest absolute Gasteiger partial charge is 0.369 e. The van der Waals surface area contributed by atoms with Gasteiger partial charge < -0.3 is 10.4 Å². The monoisotopic (exact) mass is 353 g/mol. The van der Waals surface area contributed by atoms with Gasteiger partial charge in [0.25, 0.3) is 0 Å². The molecule has 0 bridgehead atoms. The maximum atomic E-state index is 9.43. The van der Waals surface area contributed by atoms with Crippen molar-refractivity contribution in [3.8, 4) is 0 Å². The Bertz CT molecular complexity index is 95.6. The van der Waals surface area contributed by atoms with Crippen molar-refractivity contribution in [2.24, 2.45) is 0 Å². The minimum Gasteiger partial charge on any atom is -0.369 e. The Morgan fingerprint density at radius 2 is 2.22 bits per heavy atom. The van der Waals surface area contributed by atoms with E-state index in [1.165, 1.54) is 6.42 Å². The first kappa shape index (κ1) is 8.48. The summed E-state index contributed by atoms with van der Waals surface area (Å²) in [6, 6.07) is 0.290. The number of halogens is 2. The molecule has 54 valence electrons. The van der Waals surface area contributed by atoms with Crippen LogP contribution in [0.3, 0.4) is 0 Å². The summed E-state index contributed by atoms with van der Waals surface area (Å²) >= 11 is 4.12. The molecule has 0 aromatic heterocycles. The maximum absolute atomic E-state index is 9.43. The maximum Gasteiger partial charge on any atom is 0.182 e. The van der Waals surface area contributed by atoms with Crippen LogP contribution in [0.15, 0.2) is 0 Å². The highest BCUT2D eigenvalue weighted by atomic mass is 127. The predicted octanol–water partition coefficient (Wildman–Crippen LogP) is 1.25. The van der Waals surface area contributed by atoms with Gasteiger partial charge in [0.1, 0.15) is 0 Å². The molecule has 0 aromatic carbocycles. The quantitative estimate of drug-likeness (QED) is 0.550. The number of rotatable bonds is 1. The molecule has 1 aliphatic rings. The molecular weight excluding hydrogens is 344 g/mol. The Morgan fingerprint density at radius 1 is 1.56 bits per heavy atom. The molecule has 1 aliphatic heterocycles. The second kappa shape index (κ2) is 3.19. The van der Waals surface area contributed by atoms with E-state index >= 15 is 0 Å². The third-order valence-corrected chi connectivity index (χ3v) is 2.98. The van der Waals surface area contributed by atoms with Gasteiger partial charge >= 0.3 is 0 Å². The summed E-state index contributed by atoms with van der Waals surface area (Å²) < 4.78 is -0.591. The molecule has 1 fully saturated rings. The summed E-state index contributed by atoms with van der Waals surface area (Å²) in [7, 11) is 0. The molecule has 0 unspecified atom stereocenters. The molecule has 0 aromatic rings. The molecule has 0 amide bonds. The van der Waals surface area contributed by atoms with E-state index in [0.29, 0.717) is 6.04 Å². The van der Waals surface area contributed by atoms with Crippen molar-refractivity contribution in [2.45, 2.75) is 20.5 Å². The summed E-state index contributed by atoms with van der Waals surface area (Å²) in [5.41, 5.74) is 0. The normalized spacial score (nSPS) is 29.0. The molecule has 1 rings (SSSR count). The molecule has 9 heavy (non-hydrogen) atoms. The molecule has 2 nitrogen and oxygen atoms in total. The van der Waals surface area contributed by atoms with Crippen LogP contribution in [0.5, 0.6) is 0 Å². The van der Waals surface area contributed by atoms with Gasteiger partial charge in [-0.25, -0.2) is 0 Å². The predicted molar refractivity (Wildman–Crippen MR) is 54.0 cm³/mol. The van der Waals surface area contributed by atoms with Crippen LogP contribution < -0.4 is 5.32 Å². The topological polar surface area (TPSA) is 32.3 Å². The summed E-state index contributed by atoms with van der Waals surface area (Å²) in [6.45, 7) is 1.05. The SMILES string of the molecule is OC(I)(I)[C@H]1CCCN1. The van der Waals surface area contributed by atoms with E-state index in [2.05, 4.69) is 50.5 Å². The third-order valence-electron chi connectivity index (χ3n) is 1.48. The van der Waals surface area contributed by atoms with Crippen molar-refractivity contribution in [2.75, 3.05) is 6.54 Å². The van der Waals surface area contributed by atoms with Crippen LogP contribution in [0.4, 0.5) is 0 Å². The lowest BCUT2D eigenvalue weighted by atomic mass is 10.2. The van der Waals surface area contributed by atoms with Gasteiger partial charge in [-0.05, 0) is 64.6 Å². The highest BCUT2D eigenvalue weighted by molar-refractivity contribution is 14.2. The lowest BCUT2D eigenvalue weighted by Gasteiger charge is -2.20. The molecule has 2 N–H and O–H groups in total. The average Bonchev–Trinajstić information content (AvgIpc) is 2.08. The van der Waals surface area contributed by atoms with E-state index in [1.807, 2.05) is 0 Å². The van der Waals surface area contributed by atoms with Crippen LogP contribution in [0, 0.1) is 0 Å². The Morgan fingerprint density at radius 3 is 2.44 bits per heavy atom. The third kappa shape index (κ3) is 2.47. The van der Waals surface area contributed by atoms with Crippen LogP contribution in [0.1, 0.15) is 12.8 Å². The summed E-state index contributed by atoms with van der Waals surface area (Å²) in [4.78, 5) is 0. The van der Waals surface area contributed by atoms with Gasteiger partial charge in [-0.1, -0.05) is 0 Å². The van der Waals surface area contributed by atoms with E-state index in [9.17, 15) is 5.11 Å². The lowest BCUT2D eigenvalue weighted by molar-refractivity contribution is 0.220. The van der Waals surface area contributed by atoms with Gasteiger partial charge in [0, 0.05) is 0 Å². The number of hydrogen-bond donors (Lipinski definition) is 2. The van der Waals surface area contributed by atoms with E-state index in [4.69, 9.17) is 0 Å². The first-order valence-corrected chi connectivity index (χ1v) is 5.10. The second-order valence-electron chi connectivity index (χ2n) is 2.24. The zero-order valence-corrected chi connectivity index (χ0v) is 9.22. The fourth-order valence-electron chi connectivity index (χ4n) is 0.981. The fourth-order valence-corrected chi connectivity index (χ4v) is 2.04. The van der Waals surface area contributed by atoms with E-state index < -0.39 is 1.61 Å². The van der Waals surface area contributed by atoms with Crippen LogP contribution in [0.25, 0.3) is 0 Å². The number of hydrogen-bond acceptors (Lipinski definition) is 2. The first-order chi connectivity index (χ1) is 4.11. The molecular formula is C5H9I2NO. The van der Waals surface area contributed by atoms with Crippen molar-refractivity contribution in [1.29, 1.82) is 0 Å². The highest BCUT2D eigenvalue weighted by Gasteiger charge is 2.32. The summed E-state index contributed by atoms with van der Waals surface area (Å²) in [5.74, 6) is 0. The second-order valence-corrected chi connectivity index (χ2v) is 7.59. The van der Waals surface area contributed by atoms with Gasteiger partial charge in [-0.15, -0.1) is 0 Å². The smallest absolute Gasteiger partial charge is 0.182 e. The van der Waals surface area contributed by atoms with Crippen LogP contribution >= 0.6 is 45.2 Å². The highest BCUT2D eigenvalue weighted by Crippen LogP contribution is 2.32. The van der Waals surface area contributed by atoms with Gasteiger partial charge in [0.05, 0.1) is 6.04 Å². The number of alkyl halides is 2. The average molecular weight is 353 g/mol. The molecule has 0 spiro atoms. The zero-order chi connectivity index (χ0) is 6.91.